The highest BCUT2D eigenvalue weighted by Gasteiger charge is 2.25. The quantitative estimate of drug-likeness (QED) is 0.669. The molecule has 2 aromatic carbocycles. The van der Waals surface area contributed by atoms with Gasteiger partial charge < -0.3 is 9.64 Å². The van der Waals surface area contributed by atoms with E-state index < -0.39 is 10.0 Å². The molecular weight excluding hydrogens is 432 g/mol. The number of carbonyl (C=O) groups excluding carboxylic acids is 1. The molecule has 8 heteroatoms. The van der Waals surface area contributed by atoms with Crippen LogP contribution in [0, 0.1) is 0 Å². The Kier molecular flexibility index (Phi) is 6.71. The summed E-state index contributed by atoms with van der Waals surface area (Å²) >= 11 is 1.44. The molecule has 0 bridgehead atoms. The third-order valence-corrected chi connectivity index (χ3v) is 8.30. The lowest BCUT2D eigenvalue weighted by molar-refractivity contribution is 0.0300. The molecule has 0 spiro atoms. The highest BCUT2D eigenvalue weighted by molar-refractivity contribution is 7.98. The Hall–Kier alpha value is -1.87. The Morgan fingerprint density at radius 1 is 1.10 bits per heavy atom. The number of carbonyl (C=O) groups is 1. The summed E-state index contributed by atoms with van der Waals surface area (Å²) in [6.07, 6.45) is 5.18. The van der Waals surface area contributed by atoms with E-state index in [-0.39, 0.29) is 16.8 Å². The van der Waals surface area contributed by atoms with E-state index in [0.717, 1.165) is 29.7 Å². The minimum atomic E-state index is -3.79. The van der Waals surface area contributed by atoms with Gasteiger partial charge >= 0.3 is 0 Å². The Balaban J connectivity index is 1.58. The van der Waals surface area contributed by atoms with Crippen LogP contribution < -0.4 is 4.72 Å². The summed E-state index contributed by atoms with van der Waals surface area (Å²) in [6, 6.07) is 10.6. The molecule has 6 nitrogen and oxygen atoms in total. The zero-order valence-corrected chi connectivity index (χ0v) is 19.5. The normalized spacial score (nSPS) is 17.4. The molecule has 2 aromatic rings. The number of sulfonamides is 1. The van der Waals surface area contributed by atoms with Gasteiger partial charge in [0.2, 0.25) is 10.0 Å². The van der Waals surface area contributed by atoms with Crippen molar-refractivity contribution in [3.05, 3.63) is 58.7 Å². The maximum atomic E-state index is 13.1. The second-order valence-corrected chi connectivity index (χ2v) is 10.6. The number of thioether (sulfide) groups is 1. The van der Waals surface area contributed by atoms with Crippen molar-refractivity contribution >= 4 is 27.7 Å². The smallest absolute Gasteiger partial charge is 0.255 e. The predicted molar refractivity (Wildman–Crippen MR) is 122 cm³/mol. The summed E-state index contributed by atoms with van der Waals surface area (Å²) in [4.78, 5) is 15.6. The maximum Gasteiger partial charge on any atom is 0.255 e. The molecule has 0 saturated carbocycles. The van der Waals surface area contributed by atoms with Gasteiger partial charge in [-0.15, -0.1) is 11.8 Å². The molecule has 2 aliphatic rings. The van der Waals surface area contributed by atoms with Crippen LogP contribution >= 0.6 is 11.8 Å². The van der Waals surface area contributed by atoms with Crippen molar-refractivity contribution in [2.24, 2.45) is 0 Å². The van der Waals surface area contributed by atoms with Crippen molar-refractivity contribution in [3.8, 4) is 0 Å². The van der Waals surface area contributed by atoms with Crippen molar-refractivity contribution < 1.29 is 17.9 Å². The summed E-state index contributed by atoms with van der Waals surface area (Å²) < 4.78 is 34.4. The Morgan fingerprint density at radius 2 is 1.84 bits per heavy atom. The van der Waals surface area contributed by atoms with Gasteiger partial charge in [0.05, 0.1) is 23.7 Å². The average molecular weight is 461 g/mol. The number of nitrogens with one attached hydrogen (secondary N) is 1. The van der Waals surface area contributed by atoms with Gasteiger partial charge in [-0.3, -0.25) is 4.79 Å². The van der Waals surface area contributed by atoms with Gasteiger partial charge in [-0.2, -0.15) is 0 Å². The Bertz CT molecular complexity index is 1080. The number of rotatable bonds is 6. The number of nitrogens with zero attached hydrogens (tertiary/aromatic N) is 1. The minimum Gasteiger partial charge on any atom is -0.378 e. The van der Waals surface area contributed by atoms with E-state index in [2.05, 4.69) is 16.9 Å². The predicted octanol–water partition coefficient (Wildman–Crippen LogP) is 3.41. The van der Waals surface area contributed by atoms with Crippen molar-refractivity contribution in [1.82, 2.24) is 9.62 Å². The summed E-state index contributed by atoms with van der Waals surface area (Å²) in [6.45, 7) is 3.87. The van der Waals surface area contributed by atoms with Crippen LogP contribution in [0.25, 0.3) is 0 Å². The molecule has 1 fully saturated rings. The first-order valence-corrected chi connectivity index (χ1v) is 13.3. The van der Waals surface area contributed by atoms with Crippen LogP contribution in [0.3, 0.4) is 0 Å². The Morgan fingerprint density at radius 3 is 2.58 bits per heavy atom. The van der Waals surface area contributed by atoms with E-state index in [1.54, 1.807) is 17.0 Å². The molecule has 31 heavy (non-hydrogen) atoms. The standard InChI is InChI=1S/C23H28N2O4S2/c1-16(18-7-6-17-4-3-5-19(17)14-18)24-31(27,28)20-8-9-22(30-2)21(15-20)23(26)25-10-12-29-13-11-25/h6-9,14-16,24H,3-5,10-13H2,1-2H3/t16-/m0/s1. The van der Waals surface area contributed by atoms with Crippen molar-refractivity contribution in [3.63, 3.8) is 0 Å². The number of hydrogen-bond donors (Lipinski definition) is 1. The van der Waals surface area contributed by atoms with Crippen LogP contribution in [0.5, 0.6) is 0 Å². The molecule has 1 heterocycles. The molecule has 1 atom stereocenters. The number of ether oxygens (including phenoxy) is 1. The number of benzene rings is 2. The molecule has 0 unspecified atom stereocenters. The van der Waals surface area contributed by atoms with Gasteiger partial charge in [0.25, 0.3) is 5.91 Å². The van der Waals surface area contributed by atoms with Crippen LogP contribution in [0.15, 0.2) is 46.2 Å². The number of fused-ring (bicyclic) bond motifs is 1. The molecule has 4 rings (SSSR count). The van der Waals surface area contributed by atoms with Crippen LogP contribution in [0.1, 0.15) is 46.4 Å². The molecule has 1 saturated heterocycles. The van der Waals surface area contributed by atoms with Crippen LogP contribution in [-0.4, -0.2) is 51.8 Å². The fraction of sp³-hybridized carbons (Fsp3) is 0.435. The zero-order valence-electron chi connectivity index (χ0n) is 17.9. The van der Waals surface area contributed by atoms with Crippen LogP contribution in [0.2, 0.25) is 0 Å². The fourth-order valence-corrected chi connectivity index (χ4v) is 6.02. The van der Waals surface area contributed by atoms with Gasteiger partial charge in [0, 0.05) is 24.0 Å². The van der Waals surface area contributed by atoms with E-state index in [1.807, 2.05) is 19.2 Å². The minimum absolute atomic E-state index is 0.106. The third kappa shape index (κ3) is 4.82. The summed E-state index contributed by atoms with van der Waals surface area (Å²) in [5.41, 5.74) is 4.04. The second-order valence-electron chi connectivity index (χ2n) is 7.99. The van der Waals surface area contributed by atoms with Crippen LogP contribution in [-0.2, 0) is 27.6 Å². The average Bonchev–Trinajstić information content (AvgIpc) is 3.26. The van der Waals surface area contributed by atoms with Crippen LogP contribution in [0.4, 0.5) is 0 Å². The lowest BCUT2D eigenvalue weighted by Gasteiger charge is -2.27. The molecule has 1 aliphatic heterocycles. The molecule has 1 aliphatic carbocycles. The van der Waals surface area contributed by atoms with E-state index in [0.29, 0.717) is 31.9 Å². The number of hydrogen-bond acceptors (Lipinski definition) is 5. The number of aryl methyl sites for hydroxylation is 2. The first-order chi connectivity index (χ1) is 14.9. The molecule has 0 radical (unpaired) electrons. The molecule has 1 N–H and O–H groups in total. The number of amides is 1. The molecule has 166 valence electrons. The highest BCUT2D eigenvalue weighted by atomic mass is 32.2. The first-order valence-electron chi connectivity index (χ1n) is 10.6. The lowest BCUT2D eigenvalue weighted by Crippen LogP contribution is -2.41. The summed E-state index contributed by atoms with van der Waals surface area (Å²) in [5.74, 6) is -0.156. The van der Waals surface area contributed by atoms with E-state index in [4.69, 9.17) is 4.74 Å². The van der Waals surface area contributed by atoms with E-state index in [9.17, 15) is 13.2 Å². The SMILES string of the molecule is CSc1ccc(S(=O)(=O)N[C@@H](C)c2ccc3c(c2)CCC3)cc1C(=O)N1CCOCC1. The van der Waals surface area contributed by atoms with Crippen molar-refractivity contribution in [2.75, 3.05) is 32.6 Å². The van der Waals surface area contributed by atoms with Gasteiger partial charge in [-0.25, -0.2) is 13.1 Å². The molecule has 0 aromatic heterocycles. The third-order valence-electron chi connectivity index (χ3n) is 5.96. The largest absolute Gasteiger partial charge is 0.378 e. The first kappa shape index (κ1) is 22.3. The van der Waals surface area contributed by atoms with E-state index in [1.165, 1.54) is 29.0 Å². The fourth-order valence-electron chi connectivity index (χ4n) is 4.19. The summed E-state index contributed by atoms with van der Waals surface area (Å²) in [5, 5.41) is 0. The van der Waals surface area contributed by atoms with E-state index >= 15 is 0 Å². The zero-order chi connectivity index (χ0) is 22.0. The molecular formula is C23H28N2O4S2. The topological polar surface area (TPSA) is 75.7 Å². The Labute approximate surface area is 188 Å². The van der Waals surface area contributed by atoms with Gasteiger partial charge in [0.1, 0.15) is 0 Å². The monoisotopic (exact) mass is 460 g/mol. The van der Waals surface area contributed by atoms with Gasteiger partial charge in [-0.05, 0) is 67.3 Å². The van der Waals surface area contributed by atoms with Gasteiger partial charge in [0.15, 0.2) is 0 Å². The lowest BCUT2D eigenvalue weighted by atomic mass is 10.0. The van der Waals surface area contributed by atoms with Gasteiger partial charge in [-0.1, -0.05) is 18.2 Å². The summed E-state index contributed by atoms with van der Waals surface area (Å²) in [7, 11) is -3.79. The number of morpholine rings is 1. The molecule has 1 amide bonds. The second kappa shape index (κ2) is 9.32. The van der Waals surface area contributed by atoms with Crippen molar-refractivity contribution in [2.45, 2.75) is 42.0 Å². The van der Waals surface area contributed by atoms with Crippen molar-refractivity contribution in [1.29, 1.82) is 0 Å². The highest BCUT2D eigenvalue weighted by Crippen LogP contribution is 2.28. The maximum absolute atomic E-state index is 13.1.